The second-order valence-corrected chi connectivity index (χ2v) is 7.15. The predicted molar refractivity (Wildman–Crippen MR) is 114 cm³/mol. The minimum Gasteiger partial charge on any atom is -0.333 e. The highest BCUT2D eigenvalue weighted by Crippen LogP contribution is 2.22. The summed E-state index contributed by atoms with van der Waals surface area (Å²) in [5.74, 6) is -0.204. The van der Waals surface area contributed by atoms with Crippen LogP contribution in [-0.2, 0) is 14.1 Å². The molecule has 1 fully saturated rings. The van der Waals surface area contributed by atoms with E-state index in [1.54, 1.807) is 24.9 Å². The Morgan fingerprint density at radius 1 is 1.21 bits per heavy atom. The number of aryl methyl sites for hydroxylation is 2. The van der Waals surface area contributed by atoms with Crippen LogP contribution in [0.1, 0.15) is 42.2 Å². The number of likely N-dealkylation sites (tertiary alicyclic amines) is 1. The molecule has 0 saturated carbocycles. The summed E-state index contributed by atoms with van der Waals surface area (Å²) < 4.78 is 2.36. The van der Waals surface area contributed by atoms with Crippen molar-refractivity contribution in [1.29, 1.82) is 0 Å². The number of carbonyl (C=O) groups excluding carboxylic acids is 1. The first kappa shape index (κ1) is 24.1. The van der Waals surface area contributed by atoms with Crippen LogP contribution in [0.3, 0.4) is 0 Å². The average molecular weight is 432 g/mol. The second-order valence-electron chi connectivity index (χ2n) is 7.15. The molecule has 0 aliphatic carbocycles. The summed E-state index contributed by atoms with van der Waals surface area (Å²) in [5, 5.41) is 0.355. The van der Waals surface area contributed by atoms with Gasteiger partial charge in [-0.05, 0) is 44.7 Å². The summed E-state index contributed by atoms with van der Waals surface area (Å²) in [6.45, 7) is 4.30. The van der Waals surface area contributed by atoms with Gasteiger partial charge in [0.25, 0.3) is 11.5 Å². The van der Waals surface area contributed by atoms with Gasteiger partial charge in [-0.25, -0.2) is 9.78 Å². The van der Waals surface area contributed by atoms with Gasteiger partial charge in [0, 0.05) is 32.7 Å². The van der Waals surface area contributed by atoms with Gasteiger partial charge >= 0.3 is 5.69 Å². The van der Waals surface area contributed by atoms with E-state index in [0.29, 0.717) is 17.5 Å². The zero-order valence-electron chi connectivity index (χ0n) is 16.5. The monoisotopic (exact) mass is 431 g/mol. The molecule has 3 rings (SSSR count). The van der Waals surface area contributed by atoms with E-state index in [9.17, 15) is 14.4 Å². The summed E-state index contributed by atoms with van der Waals surface area (Å²) in [6, 6.07) is 1.47. The maximum Gasteiger partial charge on any atom is 0.332 e. The molecule has 2 atom stereocenters. The van der Waals surface area contributed by atoms with Crippen LogP contribution < -0.4 is 17.0 Å². The largest absolute Gasteiger partial charge is 0.333 e. The summed E-state index contributed by atoms with van der Waals surface area (Å²) in [6.07, 6.45) is 2.85. The van der Waals surface area contributed by atoms with Crippen LogP contribution in [-0.4, -0.2) is 43.6 Å². The Hall–Kier alpha value is -1.90. The molecule has 0 spiro atoms. The van der Waals surface area contributed by atoms with Crippen molar-refractivity contribution < 1.29 is 4.79 Å². The molecule has 1 aliphatic rings. The van der Waals surface area contributed by atoms with Crippen LogP contribution in [0.4, 0.5) is 0 Å². The van der Waals surface area contributed by atoms with Crippen LogP contribution in [0.2, 0.25) is 0 Å². The van der Waals surface area contributed by atoms with E-state index in [1.165, 1.54) is 11.6 Å². The molecule has 1 saturated heterocycles. The lowest BCUT2D eigenvalue weighted by Gasteiger charge is -2.37. The van der Waals surface area contributed by atoms with Crippen LogP contribution in [0.15, 0.2) is 15.7 Å². The Kier molecular flexibility index (Phi) is 7.82. The molecule has 156 valence electrons. The van der Waals surface area contributed by atoms with Gasteiger partial charge in [0.1, 0.15) is 11.3 Å². The molecular formula is C18H27Cl2N5O3. The van der Waals surface area contributed by atoms with Crippen molar-refractivity contribution in [1.82, 2.24) is 19.0 Å². The first-order valence-corrected chi connectivity index (χ1v) is 8.88. The number of piperidine rings is 1. The highest BCUT2D eigenvalue weighted by molar-refractivity contribution is 5.95. The Morgan fingerprint density at radius 3 is 2.46 bits per heavy atom. The molecule has 1 aliphatic heterocycles. The number of halogens is 2. The summed E-state index contributed by atoms with van der Waals surface area (Å²) >= 11 is 0. The molecule has 1 amide bonds. The third kappa shape index (κ3) is 3.94. The van der Waals surface area contributed by atoms with Gasteiger partial charge in [-0.2, -0.15) is 0 Å². The van der Waals surface area contributed by atoms with E-state index >= 15 is 0 Å². The zero-order chi connectivity index (χ0) is 19.2. The fourth-order valence-corrected chi connectivity index (χ4v) is 3.75. The van der Waals surface area contributed by atoms with Gasteiger partial charge in [0.15, 0.2) is 0 Å². The number of nitrogens with two attached hydrogens (primary N) is 1. The van der Waals surface area contributed by atoms with Gasteiger partial charge in [0.2, 0.25) is 0 Å². The fraction of sp³-hybridized carbons (Fsp3) is 0.556. The quantitative estimate of drug-likeness (QED) is 0.766. The lowest BCUT2D eigenvalue weighted by Crippen LogP contribution is -2.51. The molecule has 2 N–H and O–H groups in total. The summed E-state index contributed by atoms with van der Waals surface area (Å²) in [4.78, 5) is 43.9. The molecule has 10 heteroatoms. The molecule has 0 radical (unpaired) electrons. The van der Waals surface area contributed by atoms with E-state index in [-0.39, 0.29) is 54.1 Å². The van der Waals surface area contributed by atoms with Gasteiger partial charge in [-0.3, -0.25) is 18.7 Å². The van der Waals surface area contributed by atoms with Gasteiger partial charge in [-0.1, -0.05) is 0 Å². The van der Waals surface area contributed by atoms with Crippen molar-refractivity contribution in [2.75, 3.05) is 6.54 Å². The van der Waals surface area contributed by atoms with Gasteiger partial charge < -0.3 is 10.6 Å². The molecule has 3 heterocycles. The normalized spacial score (nSPS) is 17.6. The molecule has 8 nitrogen and oxygen atoms in total. The maximum absolute atomic E-state index is 13.1. The van der Waals surface area contributed by atoms with E-state index in [1.807, 2.05) is 6.92 Å². The third-order valence-corrected chi connectivity index (χ3v) is 5.24. The Balaban J connectivity index is 0.00000196. The topological polar surface area (TPSA) is 103 Å². The zero-order valence-corrected chi connectivity index (χ0v) is 18.1. The highest BCUT2D eigenvalue weighted by atomic mass is 35.5. The number of hydrogen-bond donors (Lipinski definition) is 1. The fourth-order valence-electron chi connectivity index (χ4n) is 3.75. The number of carbonyl (C=O) groups is 1. The van der Waals surface area contributed by atoms with Crippen molar-refractivity contribution in [2.45, 2.75) is 45.2 Å². The smallest absolute Gasteiger partial charge is 0.332 e. The van der Waals surface area contributed by atoms with Crippen molar-refractivity contribution in [3.63, 3.8) is 0 Å². The first-order chi connectivity index (χ1) is 12.2. The van der Waals surface area contributed by atoms with Crippen LogP contribution in [0, 0.1) is 6.92 Å². The third-order valence-electron chi connectivity index (χ3n) is 5.24. The Morgan fingerprint density at radius 2 is 1.86 bits per heavy atom. The lowest BCUT2D eigenvalue weighted by molar-refractivity contribution is 0.0578. The molecule has 28 heavy (non-hydrogen) atoms. The van der Waals surface area contributed by atoms with Crippen LogP contribution in [0.5, 0.6) is 0 Å². The van der Waals surface area contributed by atoms with Crippen molar-refractivity contribution in [3.05, 3.63) is 38.2 Å². The van der Waals surface area contributed by atoms with E-state index in [4.69, 9.17) is 5.73 Å². The van der Waals surface area contributed by atoms with Gasteiger partial charge in [0.05, 0.1) is 5.39 Å². The van der Waals surface area contributed by atoms with E-state index in [2.05, 4.69) is 4.98 Å². The minimum absolute atomic E-state index is 0. The molecular weight excluding hydrogens is 405 g/mol. The number of amides is 1. The minimum atomic E-state index is -0.467. The Labute approximate surface area is 175 Å². The molecule has 0 aromatic carbocycles. The van der Waals surface area contributed by atoms with Crippen LogP contribution >= 0.6 is 24.8 Å². The van der Waals surface area contributed by atoms with E-state index < -0.39 is 11.2 Å². The van der Waals surface area contributed by atoms with Crippen molar-refractivity contribution >= 4 is 41.8 Å². The summed E-state index contributed by atoms with van der Waals surface area (Å²) in [7, 11) is 2.99. The molecule has 2 aromatic rings. The van der Waals surface area contributed by atoms with Crippen molar-refractivity contribution in [2.24, 2.45) is 19.8 Å². The molecule has 2 unspecified atom stereocenters. The number of fused-ring (bicyclic) bond motifs is 1. The molecule has 2 aromatic heterocycles. The van der Waals surface area contributed by atoms with Crippen LogP contribution in [0.25, 0.3) is 11.0 Å². The van der Waals surface area contributed by atoms with Gasteiger partial charge in [-0.15, -0.1) is 24.8 Å². The number of aromatic nitrogens is 3. The number of nitrogens with zero attached hydrogens (tertiary/aromatic N) is 4. The van der Waals surface area contributed by atoms with E-state index in [0.717, 1.165) is 23.8 Å². The maximum atomic E-state index is 13.1. The lowest BCUT2D eigenvalue weighted by atomic mass is 9.96. The highest BCUT2D eigenvalue weighted by Gasteiger charge is 2.31. The Bertz CT molecular complexity index is 999. The SMILES string of the molecule is Cc1cc(C(=O)N2CCCCC2C(C)N)nc2c1c(=O)n(C)c(=O)n2C.Cl.Cl. The summed E-state index contributed by atoms with van der Waals surface area (Å²) in [5.41, 5.74) is 6.30. The average Bonchev–Trinajstić information content (AvgIpc) is 2.63. The standard InChI is InChI=1S/C18H25N5O3.2ClH/c1-10-9-12(16(24)23-8-6-5-7-13(23)11(2)19)20-15-14(10)17(25)22(4)18(26)21(15)3;;/h9,11,13H,5-8,19H2,1-4H3;2*1H. The molecule has 0 bridgehead atoms. The predicted octanol–water partition coefficient (Wildman–Crippen LogP) is 1.13. The number of pyridine rings is 1. The van der Waals surface area contributed by atoms with Crippen molar-refractivity contribution in [3.8, 4) is 0 Å². The number of rotatable bonds is 2. The second kappa shape index (κ2) is 9.07. The first-order valence-electron chi connectivity index (χ1n) is 8.88. The number of hydrogen-bond acceptors (Lipinski definition) is 5.